The van der Waals surface area contributed by atoms with E-state index in [9.17, 15) is 28.8 Å². The highest BCUT2D eigenvalue weighted by atomic mass is 19.3. The van der Waals surface area contributed by atoms with Crippen molar-refractivity contribution in [2.75, 3.05) is 74.0 Å². The van der Waals surface area contributed by atoms with E-state index in [4.69, 9.17) is 9.47 Å². The average Bonchev–Trinajstić information content (AvgIpc) is 4.09. The van der Waals surface area contributed by atoms with Gasteiger partial charge in [0.2, 0.25) is 17.8 Å². The van der Waals surface area contributed by atoms with Gasteiger partial charge in [-0.1, -0.05) is 24.1 Å². The normalized spacial score (nSPS) is 19.8. The van der Waals surface area contributed by atoms with E-state index in [1.807, 2.05) is 6.20 Å². The first kappa shape index (κ1) is 47.8. The molecule has 370 valence electrons. The van der Waals surface area contributed by atoms with Crippen molar-refractivity contribution in [1.29, 1.82) is 0 Å². The largest absolute Gasteiger partial charge is 0.495 e. The van der Waals surface area contributed by atoms with Crippen molar-refractivity contribution in [2.45, 2.75) is 88.5 Å². The standard InChI is InChI=1S/C46H52F3N13O8/c1-58-35-22-51-45(55-39(35)61(28-6-3-4-7-28)25-46(48,49)44(58)68)53-33-21-31(47)30(20-36(33)69-2)40(64)52-26-12-15-59(16-13-26)23-27-24-60(57-56-27)17-19-70-18-14-50-32-9-5-8-29-38(32)43(67)62(42(29)66)34-10-11-37(63)54-41(34)65/h5,8-9,20-22,24,26,28,34,50H,3-4,6-7,10-19,23,25H2,1-2H3,(H,52,64)(H,51,53,55)(H,54,63,65). The monoisotopic (exact) mass is 971 g/mol. The maximum absolute atomic E-state index is 15.7. The van der Waals surface area contributed by atoms with Crippen molar-refractivity contribution in [3.05, 3.63) is 70.9 Å². The number of alkyl halides is 2. The summed E-state index contributed by atoms with van der Waals surface area (Å²) in [5, 5.41) is 19.7. The molecule has 2 aromatic heterocycles. The van der Waals surface area contributed by atoms with Gasteiger partial charge in [-0.05, 0) is 50.3 Å². The van der Waals surface area contributed by atoms with Crippen LogP contribution in [0.2, 0.25) is 0 Å². The number of aromatic nitrogens is 5. The third-order valence-electron chi connectivity index (χ3n) is 13.3. The number of likely N-dealkylation sites (tertiary alicyclic amines) is 1. The lowest BCUT2D eigenvalue weighted by Gasteiger charge is -2.31. The minimum absolute atomic E-state index is 0.0349. The smallest absolute Gasteiger partial charge is 0.342 e. The Morgan fingerprint density at radius 3 is 2.53 bits per heavy atom. The molecule has 1 saturated carbocycles. The Hall–Kier alpha value is -7.21. The molecule has 21 nitrogen and oxygen atoms in total. The Morgan fingerprint density at radius 2 is 1.77 bits per heavy atom. The lowest BCUT2D eigenvalue weighted by atomic mass is 10.0. The van der Waals surface area contributed by atoms with Crippen LogP contribution < -0.4 is 35.8 Å². The fourth-order valence-electron chi connectivity index (χ4n) is 9.65. The van der Waals surface area contributed by atoms with E-state index in [1.165, 1.54) is 37.4 Å². The number of imide groups is 2. The molecule has 0 radical (unpaired) electrons. The number of amides is 6. The topological polar surface area (TPSA) is 238 Å². The van der Waals surface area contributed by atoms with Crippen LogP contribution in [0.15, 0.2) is 42.7 Å². The fourth-order valence-corrected chi connectivity index (χ4v) is 9.65. The van der Waals surface area contributed by atoms with Crippen molar-refractivity contribution in [1.82, 2.24) is 45.4 Å². The molecule has 1 unspecified atom stereocenters. The first-order valence-corrected chi connectivity index (χ1v) is 23.2. The summed E-state index contributed by atoms with van der Waals surface area (Å²) in [5.74, 6) is -8.48. The van der Waals surface area contributed by atoms with E-state index in [0.29, 0.717) is 70.7 Å². The number of fused-ring (bicyclic) bond motifs is 2. The van der Waals surface area contributed by atoms with E-state index >= 15 is 13.2 Å². The Morgan fingerprint density at radius 1 is 0.986 bits per heavy atom. The van der Waals surface area contributed by atoms with Gasteiger partial charge in [0.25, 0.3) is 23.6 Å². The van der Waals surface area contributed by atoms with Gasteiger partial charge in [-0.25, -0.2) is 14.1 Å². The molecule has 70 heavy (non-hydrogen) atoms. The second-order valence-corrected chi connectivity index (χ2v) is 17.9. The number of benzene rings is 2. The van der Waals surface area contributed by atoms with Crippen LogP contribution in [0.3, 0.4) is 0 Å². The highest BCUT2D eigenvalue weighted by Crippen LogP contribution is 2.40. The molecule has 6 heterocycles. The zero-order valence-corrected chi connectivity index (χ0v) is 38.5. The van der Waals surface area contributed by atoms with Crippen LogP contribution in [0.5, 0.6) is 5.75 Å². The van der Waals surface area contributed by atoms with Crippen LogP contribution in [0.4, 0.5) is 42.0 Å². The van der Waals surface area contributed by atoms with Crippen molar-refractivity contribution < 1.29 is 51.4 Å². The van der Waals surface area contributed by atoms with Crippen molar-refractivity contribution in [2.24, 2.45) is 0 Å². The summed E-state index contributed by atoms with van der Waals surface area (Å²) >= 11 is 0. The Labute approximate surface area is 399 Å². The lowest BCUT2D eigenvalue weighted by molar-refractivity contribution is -0.140. The number of carbonyl (C=O) groups excluding carboxylic acids is 6. The SMILES string of the molecule is COc1cc(C(=O)NC2CCN(Cc3cn(CCOCCNc4cccc5c4C(=O)N(C4CCC(=O)NC4=O)C5=O)nn3)CC2)c(F)cc1Nc1ncc2c(n1)N(C1CCCC1)CC(F)(F)C(=O)N2C. The number of nitrogens with one attached hydrogen (secondary N) is 4. The molecule has 4 aromatic rings. The first-order valence-electron chi connectivity index (χ1n) is 23.2. The second-order valence-electron chi connectivity index (χ2n) is 17.9. The van der Waals surface area contributed by atoms with Crippen LogP contribution in [-0.4, -0.2) is 148 Å². The van der Waals surface area contributed by atoms with Crippen molar-refractivity contribution >= 4 is 64.3 Å². The van der Waals surface area contributed by atoms with Gasteiger partial charge in [-0.15, -0.1) is 5.10 Å². The van der Waals surface area contributed by atoms with Crippen LogP contribution in [0.25, 0.3) is 0 Å². The molecule has 1 aliphatic carbocycles. The summed E-state index contributed by atoms with van der Waals surface area (Å²) in [6.07, 6.45) is 7.50. The molecular weight excluding hydrogens is 920 g/mol. The van der Waals surface area contributed by atoms with E-state index in [-0.39, 0.29) is 77.1 Å². The quantitative estimate of drug-likeness (QED) is 0.0932. The van der Waals surface area contributed by atoms with Crippen molar-refractivity contribution in [3.63, 3.8) is 0 Å². The van der Waals surface area contributed by atoms with Gasteiger partial charge in [0.05, 0.1) is 67.7 Å². The summed E-state index contributed by atoms with van der Waals surface area (Å²) in [5.41, 5.74) is 1.55. The summed E-state index contributed by atoms with van der Waals surface area (Å²) < 4.78 is 58.8. The van der Waals surface area contributed by atoms with Gasteiger partial charge in [0.15, 0.2) is 5.82 Å². The number of carbonyl (C=O) groups is 6. The molecule has 0 bridgehead atoms. The molecule has 9 rings (SSSR count). The number of ether oxygens (including phenoxy) is 2. The van der Waals surface area contributed by atoms with E-state index in [0.717, 1.165) is 34.4 Å². The van der Waals surface area contributed by atoms with Gasteiger partial charge >= 0.3 is 5.92 Å². The number of nitrogens with zero attached hydrogens (tertiary/aromatic N) is 9. The Bertz CT molecular complexity index is 2710. The maximum Gasteiger partial charge on any atom is 0.342 e. The number of hydrogen-bond acceptors (Lipinski definition) is 16. The number of halogens is 3. The third-order valence-corrected chi connectivity index (χ3v) is 13.3. The van der Waals surface area contributed by atoms with Crippen molar-refractivity contribution in [3.8, 4) is 5.75 Å². The number of anilines is 5. The van der Waals surface area contributed by atoms with Gasteiger partial charge in [-0.3, -0.25) is 43.9 Å². The highest BCUT2D eigenvalue weighted by molar-refractivity contribution is 6.25. The molecule has 6 amide bonds. The molecule has 4 aliphatic heterocycles. The third kappa shape index (κ3) is 9.82. The minimum atomic E-state index is -3.64. The molecular formula is C46H52F3N13O8. The zero-order chi connectivity index (χ0) is 49.3. The molecule has 1 atom stereocenters. The van der Waals surface area contributed by atoms with E-state index in [2.05, 4.69) is 46.4 Å². The molecule has 4 N–H and O–H groups in total. The molecule has 2 saturated heterocycles. The van der Waals surface area contributed by atoms with Crippen LogP contribution >= 0.6 is 0 Å². The predicted molar refractivity (Wildman–Crippen MR) is 244 cm³/mol. The minimum Gasteiger partial charge on any atom is -0.495 e. The Kier molecular flexibility index (Phi) is 13.7. The zero-order valence-electron chi connectivity index (χ0n) is 38.5. The van der Waals surface area contributed by atoms with Gasteiger partial charge in [0.1, 0.15) is 23.3 Å². The lowest BCUT2D eigenvalue weighted by Crippen LogP contribution is -2.54. The van der Waals surface area contributed by atoms with Gasteiger partial charge in [-0.2, -0.15) is 13.8 Å². The number of methoxy groups -OCH3 is 1. The number of rotatable bonds is 16. The number of piperidine rings is 2. The van der Waals surface area contributed by atoms with Crippen LogP contribution in [0.1, 0.15) is 88.1 Å². The molecule has 2 aromatic carbocycles. The molecule has 24 heteroatoms. The molecule has 3 fully saturated rings. The van der Waals surface area contributed by atoms with Gasteiger partial charge < -0.3 is 35.2 Å². The van der Waals surface area contributed by atoms with Crippen LogP contribution in [-0.2, 0) is 32.2 Å². The second kappa shape index (κ2) is 20.0. The highest BCUT2D eigenvalue weighted by Gasteiger charge is 2.49. The molecule has 5 aliphatic rings. The summed E-state index contributed by atoms with van der Waals surface area (Å²) in [6, 6.07) is 5.71. The maximum atomic E-state index is 15.7. The van der Waals surface area contributed by atoms with Gasteiger partial charge in [0, 0.05) is 69.7 Å². The van der Waals surface area contributed by atoms with E-state index < -0.39 is 59.8 Å². The summed E-state index contributed by atoms with van der Waals surface area (Å²) in [6.45, 7) is 2.35. The number of hydrogen-bond donors (Lipinski definition) is 4. The Balaban J connectivity index is 0.720. The predicted octanol–water partition coefficient (Wildman–Crippen LogP) is 3.24. The molecule has 0 spiro atoms. The summed E-state index contributed by atoms with van der Waals surface area (Å²) in [4.78, 5) is 90.8. The first-order chi connectivity index (χ1) is 33.7. The van der Waals surface area contributed by atoms with Crippen LogP contribution in [0, 0.1) is 5.82 Å². The van der Waals surface area contributed by atoms with E-state index in [1.54, 1.807) is 16.8 Å². The average molecular weight is 972 g/mol. The summed E-state index contributed by atoms with van der Waals surface area (Å²) in [7, 11) is 2.62. The fraction of sp³-hybridized carbons (Fsp3) is 0.478.